The summed E-state index contributed by atoms with van der Waals surface area (Å²) in [6, 6.07) is 12.9. The zero-order chi connectivity index (χ0) is 20.4. The fourth-order valence-electron chi connectivity index (χ4n) is 2.74. The molecule has 0 bridgehead atoms. The number of hydrogen-bond donors (Lipinski definition) is 4. The Morgan fingerprint density at radius 1 is 0.786 bits per heavy atom. The van der Waals surface area contributed by atoms with Crippen molar-refractivity contribution in [2.75, 3.05) is 33.2 Å². The first-order valence-corrected chi connectivity index (χ1v) is 9.30. The summed E-state index contributed by atoms with van der Waals surface area (Å²) in [4.78, 5) is 26.1. The number of carbonyl (C=O) groups excluding carboxylic acids is 2. The Morgan fingerprint density at radius 3 is 1.57 bits per heavy atom. The van der Waals surface area contributed by atoms with E-state index in [-0.39, 0.29) is 34.4 Å². The summed E-state index contributed by atoms with van der Waals surface area (Å²) >= 11 is 0. The van der Waals surface area contributed by atoms with Crippen LogP contribution in [0.15, 0.2) is 48.5 Å². The smallest absolute Gasteiger partial charge is 0.255 e. The standard InChI is InChI=1S/C21H27N3O4/c1-24(14-6-12-22-20(27)16-8-2-4-10-18(16)25)15-7-13-23-21(28)17-9-3-5-11-19(17)26/h2-5,8-11,25-26H,6-7,12-15H2,1H3,(H,22,27)(H,23,28). The molecule has 0 aromatic heterocycles. The number of carbonyl (C=O) groups is 2. The third kappa shape index (κ3) is 6.59. The van der Waals surface area contributed by atoms with Crippen LogP contribution in [0.25, 0.3) is 0 Å². The Morgan fingerprint density at radius 2 is 1.18 bits per heavy atom. The molecule has 2 aromatic rings. The third-order valence-corrected chi connectivity index (χ3v) is 4.30. The first kappa shape index (κ1) is 21.2. The first-order valence-electron chi connectivity index (χ1n) is 9.30. The van der Waals surface area contributed by atoms with E-state index < -0.39 is 0 Å². The lowest BCUT2D eigenvalue weighted by molar-refractivity contribution is 0.0942. The van der Waals surface area contributed by atoms with Gasteiger partial charge in [0, 0.05) is 13.1 Å². The third-order valence-electron chi connectivity index (χ3n) is 4.30. The van der Waals surface area contributed by atoms with E-state index in [4.69, 9.17) is 0 Å². The van der Waals surface area contributed by atoms with Crippen LogP contribution in [0.4, 0.5) is 0 Å². The molecular formula is C21H27N3O4. The van der Waals surface area contributed by atoms with Crippen LogP contribution in [0.1, 0.15) is 33.6 Å². The largest absolute Gasteiger partial charge is 0.507 e. The van der Waals surface area contributed by atoms with Gasteiger partial charge in [0.05, 0.1) is 11.1 Å². The van der Waals surface area contributed by atoms with Crippen molar-refractivity contribution in [2.45, 2.75) is 12.8 Å². The average molecular weight is 385 g/mol. The predicted octanol–water partition coefficient (Wildman–Crippen LogP) is 1.97. The molecule has 4 N–H and O–H groups in total. The van der Waals surface area contributed by atoms with Gasteiger partial charge in [0.15, 0.2) is 0 Å². The second-order valence-corrected chi connectivity index (χ2v) is 6.56. The molecule has 7 nitrogen and oxygen atoms in total. The maximum atomic E-state index is 12.0. The van der Waals surface area contributed by atoms with Crippen LogP contribution in [0.3, 0.4) is 0 Å². The predicted molar refractivity (Wildman–Crippen MR) is 108 cm³/mol. The highest BCUT2D eigenvalue weighted by molar-refractivity contribution is 5.97. The van der Waals surface area contributed by atoms with Crippen LogP contribution >= 0.6 is 0 Å². The van der Waals surface area contributed by atoms with Crippen LogP contribution in [-0.4, -0.2) is 60.2 Å². The van der Waals surface area contributed by atoms with E-state index in [1.54, 1.807) is 36.4 Å². The van der Waals surface area contributed by atoms with E-state index in [1.165, 1.54) is 12.1 Å². The van der Waals surface area contributed by atoms with Gasteiger partial charge in [0.25, 0.3) is 11.8 Å². The zero-order valence-corrected chi connectivity index (χ0v) is 16.0. The molecular weight excluding hydrogens is 358 g/mol. The minimum absolute atomic E-state index is 0.0250. The van der Waals surface area contributed by atoms with Gasteiger partial charge in [-0.25, -0.2) is 0 Å². The summed E-state index contributed by atoms with van der Waals surface area (Å²) in [6.07, 6.45) is 1.56. The topological polar surface area (TPSA) is 102 Å². The highest BCUT2D eigenvalue weighted by Crippen LogP contribution is 2.15. The fourth-order valence-corrected chi connectivity index (χ4v) is 2.74. The van der Waals surface area contributed by atoms with Crippen LogP contribution < -0.4 is 10.6 Å². The van der Waals surface area contributed by atoms with Crippen molar-refractivity contribution in [1.82, 2.24) is 15.5 Å². The lowest BCUT2D eigenvalue weighted by atomic mass is 10.2. The van der Waals surface area contributed by atoms with Crippen molar-refractivity contribution in [1.29, 1.82) is 0 Å². The molecule has 0 heterocycles. The normalized spacial score (nSPS) is 10.6. The minimum Gasteiger partial charge on any atom is -0.507 e. The number of rotatable bonds is 10. The molecule has 2 amide bonds. The van der Waals surface area contributed by atoms with Gasteiger partial charge in [-0.2, -0.15) is 0 Å². The Labute approximate surface area is 165 Å². The molecule has 150 valence electrons. The van der Waals surface area contributed by atoms with E-state index in [2.05, 4.69) is 15.5 Å². The lowest BCUT2D eigenvalue weighted by Crippen LogP contribution is -2.30. The van der Waals surface area contributed by atoms with E-state index >= 15 is 0 Å². The Kier molecular flexibility index (Phi) is 8.30. The molecule has 0 spiro atoms. The number of nitrogens with one attached hydrogen (secondary N) is 2. The average Bonchev–Trinajstić information content (AvgIpc) is 2.69. The van der Waals surface area contributed by atoms with Crippen molar-refractivity contribution in [3.63, 3.8) is 0 Å². The molecule has 7 heteroatoms. The highest BCUT2D eigenvalue weighted by atomic mass is 16.3. The van der Waals surface area contributed by atoms with Crippen LogP contribution in [0.5, 0.6) is 11.5 Å². The van der Waals surface area contributed by atoms with Crippen molar-refractivity contribution in [3.8, 4) is 11.5 Å². The van der Waals surface area contributed by atoms with E-state index in [9.17, 15) is 19.8 Å². The quantitative estimate of drug-likeness (QED) is 0.469. The number of hydrogen-bond acceptors (Lipinski definition) is 5. The van der Waals surface area contributed by atoms with Gasteiger partial charge in [0.2, 0.25) is 0 Å². The molecule has 0 saturated carbocycles. The highest BCUT2D eigenvalue weighted by Gasteiger charge is 2.10. The molecule has 0 saturated heterocycles. The molecule has 2 aromatic carbocycles. The van der Waals surface area contributed by atoms with Gasteiger partial charge in [-0.05, 0) is 57.2 Å². The SMILES string of the molecule is CN(CCCNC(=O)c1ccccc1O)CCCNC(=O)c1ccccc1O. The summed E-state index contributed by atoms with van der Waals surface area (Å²) in [7, 11) is 1.98. The number of aromatic hydroxyl groups is 2. The van der Waals surface area contributed by atoms with Crippen LogP contribution in [0, 0.1) is 0 Å². The molecule has 0 aliphatic rings. The van der Waals surface area contributed by atoms with Crippen molar-refractivity contribution in [3.05, 3.63) is 59.7 Å². The number of para-hydroxylation sites is 2. The molecule has 0 aliphatic carbocycles. The molecule has 2 rings (SSSR count). The summed E-state index contributed by atoms with van der Waals surface area (Å²) in [5.74, 6) is -0.619. The second kappa shape index (κ2) is 10.9. The van der Waals surface area contributed by atoms with Gasteiger partial charge in [-0.3, -0.25) is 9.59 Å². The maximum Gasteiger partial charge on any atom is 0.255 e. The van der Waals surface area contributed by atoms with Gasteiger partial charge >= 0.3 is 0 Å². The van der Waals surface area contributed by atoms with Crippen molar-refractivity contribution < 1.29 is 19.8 Å². The number of nitrogens with zero attached hydrogens (tertiary/aromatic N) is 1. The number of benzene rings is 2. The maximum absolute atomic E-state index is 12.0. The van der Waals surface area contributed by atoms with E-state index in [0.29, 0.717) is 13.1 Å². The first-order chi connectivity index (χ1) is 13.5. The lowest BCUT2D eigenvalue weighted by Gasteiger charge is -2.17. The molecule has 28 heavy (non-hydrogen) atoms. The molecule has 0 radical (unpaired) electrons. The van der Waals surface area contributed by atoms with Crippen LogP contribution in [-0.2, 0) is 0 Å². The molecule has 0 fully saturated rings. The van der Waals surface area contributed by atoms with E-state index in [1.807, 2.05) is 7.05 Å². The van der Waals surface area contributed by atoms with Gasteiger partial charge in [-0.15, -0.1) is 0 Å². The monoisotopic (exact) mass is 385 g/mol. The summed E-state index contributed by atoms with van der Waals surface area (Å²) in [6.45, 7) is 2.63. The van der Waals surface area contributed by atoms with Crippen LogP contribution in [0.2, 0.25) is 0 Å². The van der Waals surface area contributed by atoms with Gasteiger partial charge in [-0.1, -0.05) is 24.3 Å². The Hall–Kier alpha value is -3.06. The van der Waals surface area contributed by atoms with E-state index in [0.717, 1.165) is 25.9 Å². The fraction of sp³-hybridized carbons (Fsp3) is 0.333. The molecule has 0 aliphatic heterocycles. The summed E-state index contributed by atoms with van der Waals surface area (Å²) in [5, 5.41) is 24.9. The van der Waals surface area contributed by atoms with Gasteiger partial charge in [0.1, 0.15) is 11.5 Å². The van der Waals surface area contributed by atoms with Crippen molar-refractivity contribution >= 4 is 11.8 Å². The minimum atomic E-state index is -0.285. The second-order valence-electron chi connectivity index (χ2n) is 6.56. The summed E-state index contributed by atoms with van der Waals surface area (Å²) in [5.41, 5.74) is 0.548. The summed E-state index contributed by atoms with van der Waals surface area (Å²) < 4.78 is 0. The molecule has 0 atom stereocenters. The molecule has 0 unspecified atom stereocenters. The Balaban J connectivity index is 1.57. The van der Waals surface area contributed by atoms with Gasteiger partial charge < -0.3 is 25.7 Å². The Bertz CT molecular complexity index is 729. The number of phenols is 2. The number of phenolic OH excluding ortho intramolecular Hbond substituents is 2. The number of amides is 2. The van der Waals surface area contributed by atoms with Crippen molar-refractivity contribution in [2.24, 2.45) is 0 Å². The zero-order valence-electron chi connectivity index (χ0n) is 16.0.